The number of rotatable bonds is 9. The van der Waals surface area contributed by atoms with E-state index in [0.29, 0.717) is 35.8 Å². The number of ether oxygens (including phenoxy) is 3. The highest BCUT2D eigenvalue weighted by molar-refractivity contribution is 6.16. The van der Waals surface area contributed by atoms with Gasteiger partial charge in [-0.1, -0.05) is 0 Å². The maximum Gasteiger partial charge on any atom is 0.241 e. The summed E-state index contributed by atoms with van der Waals surface area (Å²) >= 11 is 0. The Morgan fingerprint density at radius 1 is 0.978 bits per heavy atom. The molecule has 1 aliphatic carbocycles. The number of likely N-dealkylation sites (tertiary alicyclic amines) is 1. The van der Waals surface area contributed by atoms with Crippen LogP contribution in [0.3, 0.4) is 0 Å². The average molecular weight is 626 g/mol. The van der Waals surface area contributed by atoms with Gasteiger partial charge in [0.15, 0.2) is 0 Å². The summed E-state index contributed by atoms with van der Waals surface area (Å²) in [5, 5.41) is 6.26. The number of fused-ring (bicyclic) bond motifs is 1. The smallest absolute Gasteiger partial charge is 0.241 e. The minimum Gasteiger partial charge on any atom is -0.496 e. The van der Waals surface area contributed by atoms with Crippen molar-refractivity contribution >= 4 is 34.2 Å². The first kappa shape index (κ1) is 30.1. The summed E-state index contributed by atoms with van der Waals surface area (Å²) < 4.78 is 31.0. The lowest BCUT2D eigenvalue weighted by Crippen LogP contribution is -2.35. The standard InChI is InChI=1S/C35H36FN5O5/c1-22(41-15-12-34(20-41)13-16-45-21-34)26-17-28-27(18-30(26)44-2)29(9-14-37-28)46-25-7-8-31(38-19-25)40-33(43)35(10-11-35)32(42)39-24-5-3-23(36)4-6-24/h3-9,14,17-19,22H,10-13,15-16,20-21H2,1-2H3,(H,39,42)(H,38,40,43). The minimum atomic E-state index is -1.18. The monoisotopic (exact) mass is 625 g/mol. The van der Waals surface area contributed by atoms with E-state index in [2.05, 4.69) is 38.5 Å². The SMILES string of the molecule is COc1cc2c(Oc3ccc(NC(=O)C4(C(=O)Nc5ccc(F)cc5)CC4)nc3)ccnc2cc1C(C)N1CCC2(CCOC2)C1. The topological polar surface area (TPSA) is 115 Å². The molecule has 2 aromatic carbocycles. The van der Waals surface area contributed by atoms with E-state index in [9.17, 15) is 14.0 Å². The van der Waals surface area contributed by atoms with Gasteiger partial charge >= 0.3 is 0 Å². The lowest BCUT2D eigenvalue weighted by molar-refractivity contribution is -0.131. The number of nitrogens with zero attached hydrogens (tertiary/aromatic N) is 3. The van der Waals surface area contributed by atoms with Gasteiger partial charge in [0.2, 0.25) is 11.8 Å². The predicted octanol–water partition coefficient (Wildman–Crippen LogP) is 6.10. The van der Waals surface area contributed by atoms with Crippen LogP contribution in [0.25, 0.3) is 10.9 Å². The molecule has 7 rings (SSSR count). The van der Waals surface area contributed by atoms with E-state index in [0.717, 1.165) is 61.4 Å². The van der Waals surface area contributed by atoms with E-state index >= 15 is 0 Å². The first-order valence-corrected chi connectivity index (χ1v) is 15.6. The summed E-state index contributed by atoms with van der Waals surface area (Å²) in [6.45, 7) is 5.94. The van der Waals surface area contributed by atoms with Gasteiger partial charge in [-0.25, -0.2) is 9.37 Å². The second-order valence-electron chi connectivity index (χ2n) is 12.6. The van der Waals surface area contributed by atoms with Gasteiger partial charge in [0.05, 0.1) is 25.4 Å². The molecule has 10 nitrogen and oxygen atoms in total. The zero-order valence-corrected chi connectivity index (χ0v) is 25.8. The van der Waals surface area contributed by atoms with Crippen LogP contribution in [0.1, 0.15) is 44.2 Å². The number of hydrogen-bond acceptors (Lipinski definition) is 8. The van der Waals surface area contributed by atoms with Crippen LogP contribution in [0, 0.1) is 16.6 Å². The van der Waals surface area contributed by atoms with Crippen molar-refractivity contribution in [1.29, 1.82) is 0 Å². The number of nitrogens with one attached hydrogen (secondary N) is 2. The minimum absolute atomic E-state index is 0.154. The van der Waals surface area contributed by atoms with Crippen molar-refractivity contribution in [2.24, 2.45) is 10.8 Å². The maximum atomic E-state index is 13.2. The lowest BCUT2D eigenvalue weighted by Gasteiger charge is -2.28. The second kappa shape index (κ2) is 12.0. The number of carbonyl (C=O) groups is 2. The van der Waals surface area contributed by atoms with Crippen LogP contribution in [0.5, 0.6) is 17.2 Å². The van der Waals surface area contributed by atoms with E-state index in [1.54, 1.807) is 31.5 Å². The molecule has 4 aromatic rings. The van der Waals surface area contributed by atoms with Crippen molar-refractivity contribution in [3.63, 3.8) is 0 Å². The van der Waals surface area contributed by atoms with Gasteiger partial charge in [-0.05, 0) is 93.7 Å². The van der Waals surface area contributed by atoms with E-state index in [1.165, 1.54) is 30.5 Å². The molecule has 0 radical (unpaired) electrons. The van der Waals surface area contributed by atoms with E-state index < -0.39 is 23.0 Å². The maximum absolute atomic E-state index is 13.2. The third-order valence-electron chi connectivity index (χ3n) is 9.63. The largest absolute Gasteiger partial charge is 0.496 e. The zero-order valence-electron chi connectivity index (χ0n) is 25.8. The van der Waals surface area contributed by atoms with E-state index in [1.807, 2.05) is 6.07 Å². The highest BCUT2D eigenvalue weighted by Crippen LogP contribution is 2.48. The molecule has 4 heterocycles. The fourth-order valence-corrected chi connectivity index (χ4v) is 6.57. The normalized spacial score (nSPS) is 20.8. The first-order chi connectivity index (χ1) is 22.3. The number of anilines is 2. The Morgan fingerprint density at radius 2 is 1.78 bits per heavy atom. The van der Waals surface area contributed by atoms with Gasteiger partial charge in [-0.2, -0.15) is 0 Å². The highest BCUT2D eigenvalue weighted by atomic mass is 19.1. The van der Waals surface area contributed by atoms with Crippen LogP contribution in [0.2, 0.25) is 0 Å². The third-order valence-corrected chi connectivity index (χ3v) is 9.63. The van der Waals surface area contributed by atoms with Crippen LogP contribution < -0.4 is 20.1 Å². The fraction of sp³-hybridized carbons (Fsp3) is 0.371. The molecule has 3 fully saturated rings. The number of carbonyl (C=O) groups excluding carboxylic acids is 2. The quantitative estimate of drug-likeness (QED) is 0.215. The second-order valence-corrected chi connectivity index (χ2v) is 12.6. The van der Waals surface area contributed by atoms with Crippen LogP contribution in [0.4, 0.5) is 15.9 Å². The van der Waals surface area contributed by atoms with Gasteiger partial charge in [0, 0.05) is 47.4 Å². The van der Waals surface area contributed by atoms with Crippen molar-refractivity contribution < 1.29 is 28.2 Å². The molecule has 46 heavy (non-hydrogen) atoms. The predicted molar refractivity (Wildman–Crippen MR) is 170 cm³/mol. The third kappa shape index (κ3) is 5.76. The number of aromatic nitrogens is 2. The summed E-state index contributed by atoms with van der Waals surface area (Å²) in [6, 6.07) is 14.8. The Labute approximate surface area is 266 Å². The summed E-state index contributed by atoms with van der Waals surface area (Å²) in [7, 11) is 1.68. The number of amides is 2. The first-order valence-electron chi connectivity index (χ1n) is 15.6. The van der Waals surface area contributed by atoms with E-state index in [-0.39, 0.29) is 11.5 Å². The summed E-state index contributed by atoms with van der Waals surface area (Å²) in [4.78, 5) is 37.4. The summed E-state index contributed by atoms with van der Waals surface area (Å²) in [6.07, 6.45) is 6.33. The van der Waals surface area contributed by atoms with Gasteiger partial charge in [0.25, 0.3) is 0 Å². The number of pyridine rings is 2. The lowest BCUT2D eigenvalue weighted by atomic mass is 9.87. The van der Waals surface area contributed by atoms with Crippen molar-refractivity contribution in [1.82, 2.24) is 14.9 Å². The van der Waals surface area contributed by atoms with Crippen LogP contribution in [0.15, 0.2) is 67.0 Å². The molecule has 2 saturated heterocycles. The summed E-state index contributed by atoms with van der Waals surface area (Å²) in [5.74, 6) is 0.864. The molecule has 11 heteroatoms. The summed E-state index contributed by atoms with van der Waals surface area (Å²) in [5.41, 5.74) is 1.39. The molecule has 2 aliphatic heterocycles. The van der Waals surface area contributed by atoms with Crippen LogP contribution in [-0.4, -0.2) is 60.1 Å². The van der Waals surface area contributed by atoms with Crippen molar-refractivity contribution in [2.45, 2.75) is 38.6 Å². The Kier molecular flexibility index (Phi) is 7.82. The van der Waals surface area contributed by atoms with Gasteiger partial charge in [-0.3, -0.25) is 19.5 Å². The molecular formula is C35H36FN5O5. The molecule has 0 bridgehead atoms. The zero-order chi connectivity index (χ0) is 31.9. The Bertz CT molecular complexity index is 1770. The number of halogens is 1. The highest BCUT2D eigenvalue weighted by Gasteiger charge is 2.56. The fourth-order valence-electron chi connectivity index (χ4n) is 6.57. The molecule has 1 spiro atoms. The van der Waals surface area contributed by atoms with Crippen LogP contribution in [-0.2, 0) is 14.3 Å². The van der Waals surface area contributed by atoms with Crippen molar-refractivity contribution in [3.8, 4) is 17.2 Å². The van der Waals surface area contributed by atoms with Crippen LogP contribution >= 0.6 is 0 Å². The molecule has 1 saturated carbocycles. The molecular weight excluding hydrogens is 589 g/mol. The van der Waals surface area contributed by atoms with Gasteiger partial charge in [0.1, 0.15) is 34.3 Å². The van der Waals surface area contributed by atoms with Gasteiger partial charge in [-0.15, -0.1) is 0 Å². The Balaban J connectivity index is 1.03. The molecule has 2 atom stereocenters. The molecule has 2 aromatic heterocycles. The van der Waals surface area contributed by atoms with Gasteiger partial charge < -0.3 is 24.8 Å². The molecule has 2 N–H and O–H groups in total. The Hall–Kier alpha value is -4.61. The van der Waals surface area contributed by atoms with E-state index in [4.69, 9.17) is 14.2 Å². The van der Waals surface area contributed by atoms with Crippen molar-refractivity contribution in [2.75, 3.05) is 44.0 Å². The average Bonchev–Trinajstić information content (AvgIpc) is 3.60. The van der Waals surface area contributed by atoms with Crippen molar-refractivity contribution in [3.05, 3.63) is 78.4 Å². The molecule has 3 aliphatic rings. The number of hydrogen-bond donors (Lipinski definition) is 2. The number of methoxy groups -OCH3 is 1. The molecule has 2 unspecified atom stereocenters. The Morgan fingerprint density at radius 3 is 2.48 bits per heavy atom. The molecule has 2 amide bonds. The number of benzene rings is 2. The molecule has 238 valence electrons.